The highest BCUT2D eigenvalue weighted by Crippen LogP contribution is 2.27. The SMILES string of the molecule is O=C1CCCCCN1CC(=O)N1CCC[C@H](c2ncc(Cc3ccc(F)cc3)o2)C1. The third-order valence-corrected chi connectivity index (χ3v) is 5.98. The van der Waals surface area contributed by atoms with Crippen LogP contribution < -0.4 is 0 Å². The fraction of sp³-hybridized carbons (Fsp3) is 0.522. The fourth-order valence-electron chi connectivity index (χ4n) is 4.27. The lowest BCUT2D eigenvalue weighted by molar-refractivity contribution is -0.141. The maximum atomic E-state index is 13.1. The van der Waals surface area contributed by atoms with Crippen LogP contribution in [0.15, 0.2) is 34.9 Å². The molecular formula is C23H28FN3O3. The molecule has 0 unspecified atom stereocenters. The van der Waals surface area contributed by atoms with Crippen LogP contribution in [-0.2, 0) is 16.0 Å². The summed E-state index contributed by atoms with van der Waals surface area (Å²) in [5, 5.41) is 0. The number of benzene rings is 1. The largest absolute Gasteiger partial charge is 0.445 e. The molecule has 160 valence electrons. The van der Waals surface area contributed by atoms with E-state index in [-0.39, 0.29) is 30.1 Å². The van der Waals surface area contributed by atoms with Crippen molar-refractivity contribution < 1.29 is 18.4 Å². The van der Waals surface area contributed by atoms with Gasteiger partial charge in [-0.05, 0) is 43.4 Å². The van der Waals surface area contributed by atoms with E-state index in [0.717, 1.165) is 43.4 Å². The number of halogens is 1. The summed E-state index contributed by atoms with van der Waals surface area (Å²) in [6.07, 6.45) is 7.56. The first-order valence-corrected chi connectivity index (χ1v) is 10.8. The van der Waals surface area contributed by atoms with E-state index in [9.17, 15) is 14.0 Å². The Morgan fingerprint density at radius 2 is 1.97 bits per heavy atom. The van der Waals surface area contributed by atoms with E-state index in [4.69, 9.17) is 4.42 Å². The van der Waals surface area contributed by atoms with Gasteiger partial charge in [0.05, 0.1) is 18.7 Å². The molecule has 1 aromatic carbocycles. The second kappa shape index (κ2) is 9.41. The maximum absolute atomic E-state index is 13.1. The first kappa shape index (κ1) is 20.6. The third-order valence-electron chi connectivity index (χ3n) is 5.98. The van der Waals surface area contributed by atoms with Crippen LogP contribution in [0.5, 0.6) is 0 Å². The average molecular weight is 413 g/mol. The van der Waals surface area contributed by atoms with E-state index in [1.807, 2.05) is 4.90 Å². The predicted molar refractivity (Wildman–Crippen MR) is 109 cm³/mol. The second-order valence-corrected chi connectivity index (χ2v) is 8.27. The van der Waals surface area contributed by atoms with Crippen molar-refractivity contribution in [2.24, 2.45) is 0 Å². The van der Waals surface area contributed by atoms with Gasteiger partial charge in [0, 0.05) is 32.5 Å². The molecule has 3 heterocycles. The van der Waals surface area contributed by atoms with Crippen molar-refractivity contribution in [3.63, 3.8) is 0 Å². The van der Waals surface area contributed by atoms with Crippen LogP contribution in [0.3, 0.4) is 0 Å². The van der Waals surface area contributed by atoms with E-state index in [1.165, 1.54) is 12.1 Å². The number of rotatable bonds is 5. The van der Waals surface area contributed by atoms with E-state index in [0.29, 0.717) is 38.4 Å². The van der Waals surface area contributed by atoms with E-state index in [1.54, 1.807) is 23.2 Å². The van der Waals surface area contributed by atoms with Gasteiger partial charge in [0.1, 0.15) is 11.6 Å². The maximum Gasteiger partial charge on any atom is 0.242 e. The number of hydrogen-bond donors (Lipinski definition) is 0. The predicted octanol–water partition coefficient (Wildman–Crippen LogP) is 3.51. The first-order valence-electron chi connectivity index (χ1n) is 10.8. The standard InChI is InChI=1S/C23H28FN3O3/c24-19-9-7-17(8-10-19)13-20-14-25-23(30-20)18-5-4-12-26(15-18)22(29)16-27-11-3-1-2-6-21(27)28/h7-10,14,18H,1-6,11-13,15-16H2/t18-/m0/s1. The van der Waals surface area contributed by atoms with Gasteiger partial charge in [-0.15, -0.1) is 0 Å². The van der Waals surface area contributed by atoms with Crippen LogP contribution in [0, 0.1) is 5.82 Å². The minimum Gasteiger partial charge on any atom is -0.445 e. The van der Waals surface area contributed by atoms with E-state index >= 15 is 0 Å². The number of likely N-dealkylation sites (tertiary alicyclic amines) is 2. The Morgan fingerprint density at radius 1 is 1.13 bits per heavy atom. The molecule has 0 spiro atoms. The van der Waals surface area contributed by atoms with Crippen molar-refractivity contribution >= 4 is 11.8 Å². The normalized spacial score (nSPS) is 20.3. The molecule has 0 saturated carbocycles. The van der Waals surface area contributed by atoms with Gasteiger partial charge in [-0.3, -0.25) is 9.59 Å². The monoisotopic (exact) mass is 413 g/mol. The lowest BCUT2D eigenvalue weighted by Crippen LogP contribution is -2.46. The highest BCUT2D eigenvalue weighted by Gasteiger charge is 2.29. The molecule has 2 fully saturated rings. The van der Waals surface area contributed by atoms with Crippen molar-refractivity contribution in [2.75, 3.05) is 26.2 Å². The summed E-state index contributed by atoms with van der Waals surface area (Å²) in [4.78, 5) is 33.0. The molecule has 7 heteroatoms. The molecule has 0 radical (unpaired) electrons. The van der Waals surface area contributed by atoms with Gasteiger partial charge in [0.25, 0.3) is 0 Å². The Kier molecular flexibility index (Phi) is 6.45. The Balaban J connectivity index is 1.35. The minimum absolute atomic E-state index is 0.00745. The zero-order valence-corrected chi connectivity index (χ0v) is 17.2. The van der Waals surface area contributed by atoms with Crippen LogP contribution in [0.25, 0.3) is 0 Å². The molecule has 4 rings (SSSR count). The van der Waals surface area contributed by atoms with Crippen LogP contribution in [0.4, 0.5) is 4.39 Å². The number of aromatic nitrogens is 1. The van der Waals surface area contributed by atoms with Crippen molar-refractivity contribution in [3.05, 3.63) is 53.5 Å². The molecule has 2 amide bonds. The van der Waals surface area contributed by atoms with Gasteiger partial charge in [-0.1, -0.05) is 18.6 Å². The smallest absolute Gasteiger partial charge is 0.242 e. The zero-order valence-electron chi connectivity index (χ0n) is 17.2. The Labute approximate surface area is 176 Å². The number of hydrogen-bond acceptors (Lipinski definition) is 4. The molecule has 6 nitrogen and oxygen atoms in total. The summed E-state index contributed by atoms with van der Waals surface area (Å²) in [5.41, 5.74) is 0.960. The Bertz CT molecular complexity index is 880. The summed E-state index contributed by atoms with van der Waals surface area (Å²) >= 11 is 0. The lowest BCUT2D eigenvalue weighted by atomic mass is 9.98. The third kappa shape index (κ3) is 5.07. The van der Waals surface area contributed by atoms with Gasteiger partial charge in [0.2, 0.25) is 11.8 Å². The summed E-state index contributed by atoms with van der Waals surface area (Å²) in [5.74, 6) is 1.28. The average Bonchev–Trinajstić information content (AvgIpc) is 3.13. The number of amides is 2. The highest BCUT2D eigenvalue weighted by molar-refractivity contribution is 5.85. The molecule has 2 aliphatic rings. The van der Waals surface area contributed by atoms with Crippen molar-refractivity contribution in [1.82, 2.24) is 14.8 Å². The molecule has 0 aliphatic carbocycles. The molecule has 0 bridgehead atoms. The molecule has 1 atom stereocenters. The van der Waals surface area contributed by atoms with Crippen molar-refractivity contribution in [1.29, 1.82) is 0 Å². The van der Waals surface area contributed by atoms with E-state index in [2.05, 4.69) is 4.98 Å². The molecule has 2 aromatic rings. The second-order valence-electron chi connectivity index (χ2n) is 8.27. The number of nitrogens with zero attached hydrogens (tertiary/aromatic N) is 3. The van der Waals surface area contributed by atoms with Gasteiger partial charge < -0.3 is 14.2 Å². The van der Waals surface area contributed by atoms with Gasteiger partial charge in [-0.2, -0.15) is 0 Å². The van der Waals surface area contributed by atoms with Gasteiger partial charge >= 0.3 is 0 Å². The van der Waals surface area contributed by atoms with Crippen molar-refractivity contribution in [2.45, 2.75) is 50.9 Å². The Morgan fingerprint density at radius 3 is 2.80 bits per heavy atom. The number of carbonyl (C=O) groups excluding carboxylic acids is 2. The molecule has 2 aliphatic heterocycles. The van der Waals surface area contributed by atoms with Gasteiger partial charge in [0.15, 0.2) is 5.89 Å². The van der Waals surface area contributed by atoms with E-state index < -0.39 is 0 Å². The number of oxazole rings is 1. The minimum atomic E-state index is -0.258. The van der Waals surface area contributed by atoms with Crippen LogP contribution in [0.1, 0.15) is 61.7 Å². The summed E-state index contributed by atoms with van der Waals surface area (Å²) in [6.45, 7) is 2.12. The topological polar surface area (TPSA) is 66.7 Å². The van der Waals surface area contributed by atoms with Crippen molar-refractivity contribution in [3.8, 4) is 0 Å². The van der Waals surface area contributed by atoms with Gasteiger partial charge in [-0.25, -0.2) is 9.37 Å². The lowest BCUT2D eigenvalue weighted by Gasteiger charge is -2.33. The van der Waals surface area contributed by atoms with Crippen LogP contribution in [0.2, 0.25) is 0 Å². The molecule has 30 heavy (non-hydrogen) atoms. The quantitative estimate of drug-likeness (QED) is 0.752. The van der Waals surface area contributed by atoms with Crippen LogP contribution in [-0.4, -0.2) is 52.8 Å². The molecule has 1 aromatic heterocycles. The molecule has 0 N–H and O–H groups in total. The summed E-state index contributed by atoms with van der Waals surface area (Å²) < 4.78 is 19.0. The molecular weight excluding hydrogens is 385 g/mol. The fourth-order valence-corrected chi connectivity index (χ4v) is 4.27. The Hall–Kier alpha value is -2.70. The van der Waals surface area contributed by atoms with Crippen LogP contribution >= 0.6 is 0 Å². The first-order chi connectivity index (χ1) is 14.6. The highest BCUT2D eigenvalue weighted by atomic mass is 19.1. The number of carbonyl (C=O) groups is 2. The summed E-state index contributed by atoms with van der Waals surface area (Å²) in [7, 11) is 0. The number of piperidine rings is 1. The zero-order chi connectivity index (χ0) is 20.9. The summed E-state index contributed by atoms with van der Waals surface area (Å²) in [6, 6.07) is 6.35. The molecule has 2 saturated heterocycles.